The van der Waals surface area contributed by atoms with Gasteiger partial charge in [-0.25, -0.2) is 12.8 Å². The molecule has 5 nitrogen and oxygen atoms in total. The van der Waals surface area contributed by atoms with E-state index in [9.17, 15) is 17.6 Å². The third-order valence-corrected chi connectivity index (χ3v) is 4.87. The Labute approximate surface area is 123 Å². The second kappa shape index (κ2) is 6.53. The van der Waals surface area contributed by atoms with Crippen molar-refractivity contribution in [3.63, 3.8) is 0 Å². The maximum Gasteiger partial charge on any atom is 0.177 e. The van der Waals surface area contributed by atoms with Crippen LogP contribution in [0.25, 0.3) is 0 Å². The summed E-state index contributed by atoms with van der Waals surface area (Å²) in [6.45, 7) is 0.553. The standard InChI is InChI=1S/C14H17FO5S/c1-19-14-5-4-10(7-12(14)15)13(16)9-21(17,18)8-11-3-2-6-20-11/h4-5,7,11H,2-3,6,8-9H2,1H3. The first-order valence-corrected chi connectivity index (χ1v) is 8.42. The monoisotopic (exact) mass is 316 g/mol. The molecule has 2 rings (SSSR count). The largest absolute Gasteiger partial charge is 0.494 e. The summed E-state index contributed by atoms with van der Waals surface area (Å²) in [5.74, 6) is -2.13. The quantitative estimate of drug-likeness (QED) is 0.746. The zero-order valence-corrected chi connectivity index (χ0v) is 12.5. The van der Waals surface area contributed by atoms with Crippen molar-refractivity contribution in [2.24, 2.45) is 0 Å². The van der Waals surface area contributed by atoms with E-state index in [1.165, 1.54) is 19.2 Å². The minimum absolute atomic E-state index is 0.00811. The highest BCUT2D eigenvalue weighted by atomic mass is 32.2. The first kappa shape index (κ1) is 15.9. The van der Waals surface area contributed by atoms with Crippen LogP contribution < -0.4 is 4.74 Å². The summed E-state index contributed by atoms with van der Waals surface area (Å²) in [4.78, 5) is 12.0. The predicted molar refractivity (Wildman–Crippen MR) is 74.9 cm³/mol. The van der Waals surface area contributed by atoms with Crippen molar-refractivity contribution in [3.05, 3.63) is 29.6 Å². The van der Waals surface area contributed by atoms with Gasteiger partial charge in [-0.1, -0.05) is 0 Å². The van der Waals surface area contributed by atoms with E-state index in [1.807, 2.05) is 0 Å². The fourth-order valence-electron chi connectivity index (χ4n) is 2.24. The topological polar surface area (TPSA) is 69.7 Å². The first-order valence-electron chi connectivity index (χ1n) is 6.60. The highest BCUT2D eigenvalue weighted by molar-refractivity contribution is 7.92. The third-order valence-electron chi connectivity index (χ3n) is 3.29. The Bertz CT molecular complexity index is 620. The summed E-state index contributed by atoms with van der Waals surface area (Å²) < 4.78 is 47.4. The van der Waals surface area contributed by atoms with E-state index in [0.717, 1.165) is 12.5 Å². The van der Waals surface area contributed by atoms with Gasteiger partial charge >= 0.3 is 0 Å². The fourth-order valence-corrected chi connectivity index (χ4v) is 3.75. The summed E-state index contributed by atoms with van der Waals surface area (Å²) in [6.07, 6.45) is 1.18. The van der Waals surface area contributed by atoms with Crippen molar-refractivity contribution in [3.8, 4) is 5.75 Å². The van der Waals surface area contributed by atoms with Crippen LogP contribution in [0, 0.1) is 5.82 Å². The maximum absolute atomic E-state index is 13.5. The Morgan fingerprint density at radius 3 is 2.81 bits per heavy atom. The fraction of sp³-hybridized carbons (Fsp3) is 0.500. The van der Waals surface area contributed by atoms with Gasteiger partial charge in [-0.3, -0.25) is 4.79 Å². The Balaban J connectivity index is 2.04. The number of ether oxygens (including phenoxy) is 2. The zero-order valence-electron chi connectivity index (χ0n) is 11.7. The molecule has 21 heavy (non-hydrogen) atoms. The summed E-state index contributed by atoms with van der Waals surface area (Å²) in [5.41, 5.74) is 0.0178. The van der Waals surface area contributed by atoms with Gasteiger partial charge < -0.3 is 9.47 Å². The summed E-state index contributed by atoms with van der Waals surface area (Å²) in [5, 5.41) is 0. The number of methoxy groups -OCH3 is 1. The average molecular weight is 316 g/mol. The van der Waals surface area contributed by atoms with Crippen molar-refractivity contribution in [2.75, 3.05) is 25.2 Å². The molecule has 1 aromatic rings. The number of carbonyl (C=O) groups is 1. The molecule has 0 saturated carbocycles. The van der Waals surface area contributed by atoms with Gasteiger partial charge in [0.25, 0.3) is 0 Å². The molecular weight excluding hydrogens is 299 g/mol. The van der Waals surface area contributed by atoms with Crippen LogP contribution in [0.1, 0.15) is 23.2 Å². The molecule has 1 atom stereocenters. The lowest BCUT2D eigenvalue weighted by Crippen LogP contribution is -2.26. The van der Waals surface area contributed by atoms with Crippen LogP contribution in [0.4, 0.5) is 4.39 Å². The third kappa shape index (κ3) is 4.25. The van der Waals surface area contributed by atoms with Crippen molar-refractivity contribution in [1.29, 1.82) is 0 Å². The van der Waals surface area contributed by atoms with Gasteiger partial charge in [0.1, 0.15) is 5.75 Å². The molecule has 0 N–H and O–H groups in total. The second-order valence-electron chi connectivity index (χ2n) is 4.96. The number of hydrogen-bond donors (Lipinski definition) is 0. The van der Waals surface area contributed by atoms with Crippen LogP contribution in [-0.2, 0) is 14.6 Å². The normalized spacial score (nSPS) is 18.7. The van der Waals surface area contributed by atoms with E-state index in [-0.39, 0.29) is 23.2 Å². The zero-order chi connectivity index (χ0) is 15.5. The molecule has 1 fully saturated rings. The lowest BCUT2D eigenvalue weighted by Gasteiger charge is -2.10. The molecule has 0 amide bonds. The van der Waals surface area contributed by atoms with Gasteiger partial charge in [-0.15, -0.1) is 0 Å². The number of rotatable bonds is 6. The Hall–Kier alpha value is -1.47. The average Bonchev–Trinajstić information content (AvgIpc) is 2.90. The van der Waals surface area contributed by atoms with E-state index in [2.05, 4.69) is 0 Å². The molecule has 1 heterocycles. The molecule has 116 valence electrons. The van der Waals surface area contributed by atoms with Crippen LogP contribution in [0.5, 0.6) is 5.75 Å². The van der Waals surface area contributed by atoms with Gasteiger partial charge in [-0.2, -0.15) is 0 Å². The van der Waals surface area contributed by atoms with Crippen molar-refractivity contribution in [1.82, 2.24) is 0 Å². The van der Waals surface area contributed by atoms with Crippen molar-refractivity contribution < 1.29 is 27.1 Å². The number of sulfone groups is 1. The molecule has 1 unspecified atom stereocenters. The van der Waals surface area contributed by atoms with Crippen molar-refractivity contribution >= 4 is 15.6 Å². The number of Topliss-reactive ketones (excluding diaryl/α,β-unsaturated/α-hetero) is 1. The Kier molecular flexibility index (Phi) is 4.95. The number of halogens is 1. The summed E-state index contributed by atoms with van der Waals surface area (Å²) in [7, 11) is -2.26. The van der Waals surface area contributed by atoms with Crippen LogP contribution in [0.3, 0.4) is 0 Å². The smallest absolute Gasteiger partial charge is 0.177 e. The van der Waals surface area contributed by atoms with E-state index in [4.69, 9.17) is 9.47 Å². The van der Waals surface area contributed by atoms with Gasteiger partial charge in [0, 0.05) is 12.2 Å². The number of ketones is 1. The summed E-state index contributed by atoms with van der Waals surface area (Å²) >= 11 is 0. The van der Waals surface area contributed by atoms with Crippen molar-refractivity contribution in [2.45, 2.75) is 18.9 Å². The molecule has 1 saturated heterocycles. The molecule has 1 aliphatic rings. The SMILES string of the molecule is COc1ccc(C(=O)CS(=O)(=O)CC2CCCO2)cc1F. The van der Waals surface area contributed by atoms with Gasteiger partial charge in [0.2, 0.25) is 0 Å². The molecule has 7 heteroatoms. The minimum Gasteiger partial charge on any atom is -0.494 e. The molecule has 0 radical (unpaired) electrons. The van der Waals surface area contributed by atoms with Crippen LogP contribution in [0.2, 0.25) is 0 Å². The second-order valence-corrected chi connectivity index (χ2v) is 7.07. The van der Waals surface area contributed by atoms with E-state index >= 15 is 0 Å². The lowest BCUT2D eigenvalue weighted by atomic mass is 10.1. The minimum atomic E-state index is -3.57. The van der Waals surface area contributed by atoms with E-state index in [1.54, 1.807) is 0 Å². The maximum atomic E-state index is 13.5. The van der Waals surface area contributed by atoms with Crippen LogP contribution in [0.15, 0.2) is 18.2 Å². The molecular formula is C14H17FO5S. The van der Waals surface area contributed by atoms with Crippen LogP contribution in [-0.4, -0.2) is 45.5 Å². The highest BCUT2D eigenvalue weighted by Gasteiger charge is 2.26. The Morgan fingerprint density at radius 1 is 1.48 bits per heavy atom. The molecule has 0 spiro atoms. The van der Waals surface area contributed by atoms with E-state index in [0.29, 0.717) is 13.0 Å². The predicted octanol–water partition coefficient (Wildman–Crippen LogP) is 1.61. The number of hydrogen-bond acceptors (Lipinski definition) is 5. The first-order chi connectivity index (χ1) is 9.91. The van der Waals surface area contributed by atoms with Gasteiger partial charge in [0.05, 0.1) is 19.0 Å². The van der Waals surface area contributed by atoms with Crippen LogP contribution >= 0.6 is 0 Å². The van der Waals surface area contributed by atoms with E-state index < -0.39 is 27.2 Å². The molecule has 1 aromatic carbocycles. The lowest BCUT2D eigenvalue weighted by molar-refractivity contribution is 0.101. The molecule has 1 aliphatic heterocycles. The summed E-state index contributed by atoms with van der Waals surface area (Å²) in [6, 6.07) is 3.64. The Morgan fingerprint density at radius 2 is 2.24 bits per heavy atom. The number of carbonyl (C=O) groups excluding carboxylic acids is 1. The molecule has 0 bridgehead atoms. The number of benzene rings is 1. The van der Waals surface area contributed by atoms with Gasteiger partial charge in [-0.05, 0) is 31.0 Å². The highest BCUT2D eigenvalue weighted by Crippen LogP contribution is 2.19. The van der Waals surface area contributed by atoms with Gasteiger partial charge in [0.15, 0.2) is 27.2 Å². The molecule has 0 aromatic heterocycles. The molecule has 0 aliphatic carbocycles.